The van der Waals surface area contributed by atoms with Gasteiger partial charge in [-0.15, -0.1) is 0 Å². The molecule has 0 amide bonds. The van der Waals surface area contributed by atoms with E-state index in [0.717, 1.165) is 29.7 Å². The molecule has 0 bridgehead atoms. The fourth-order valence-corrected chi connectivity index (χ4v) is 2.47. The highest BCUT2D eigenvalue weighted by Crippen LogP contribution is 2.26. The second-order valence-electron chi connectivity index (χ2n) is 4.91. The van der Waals surface area contributed by atoms with Gasteiger partial charge < -0.3 is 9.84 Å². The van der Waals surface area contributed by atoms with Gasteiger partial charge in [-0.1, -0.05) is 44.2 Å². The largest absolute Gasteiger partial charge is 0.497 e. The van der Waals surface area contributed by atoms with Crippen molar-refractivity contribution in [2.24, 2.45) is 0 Å². The monoisotopic (exact) mass is 270 g/mol. The Kier molecular flexibility index (Phi) is 4.80. The molecule has 20 heavy (non-hydrogen) atoms. The van der Waals surface area contributed by atoms with Crippen LogP contribution in [0, 0.1) is 0 Å². The molecular formula is C18H22O2. The summed E-state index contributed by atoms with van der Waals surface area (Å²) in [5.74, 6) is 0.802. The molecule has 0 heterocycles. The summed E-state index contributed by atoms with van der Waals surface area (Å²) < 4.78 is 5.14. The van der Waals surface area contributed by atoms with E-state index >= 15 is 0 Å². The van der Waals surface area contributed by atoms with Crippen LogP contribution in [0.1, 0.15) is 42.2 Å². The fraction of sp³-hybridized carbons (Fsp3) is 0.333. The van der Waals surface area contributed by atoms with Crippen molar-refractivity contribution in [2.75, 3.05) is 7.11 Å². The molecule has 2 aromatic rings. The van der Waals surface area contributed by atoms with E-state index in [1.165, 1.54) is 11.1 Å². The molecule has 106 valence electrons. The van der Waals surface area contributed by atoms with Crippen LogP contribution in [0.15, 0.2) is 42.5 Å². The van der Waals surface area contributed by atoms with Crippen LogP contribution in [0.25, 0.3) is 0 Å². The molecule has 0 fully saturated rings. The van der Waals surface area contributed by atoms with Crippen molar-refractivity contribution >= 4 is 0 Å². The maximum absolute atomic E-state index is 10.5. The SMILES string of the molecule is CCc1ccc(C(O)c2ccc(OC)cc2)cc1CC. The molecule has 0 spiro atoms. The van der Waals surface area contributed by atoms with Gasteiger partial charge in [0.2, 0.25) is 0 Å². The third kappa shape index (κ3) is 3.02. The Bertz CT molecular complexity index is 558. The Morgan fingerprint density at radius 3 is 2.05 bits per heavy atom. The van der Waals surface area contributed by atoms with Crippen LogP contribution in [0.4, 0.5) is 0 Å². The van der Waals surface area contributed by atoms with E-state index < -0.39 is 6.10 Å². The van der Waals surface area contributed by atoms with Crippen LogP contribution in [-0.4, -0.2) is 12.2 Å². The zero-order valence-electron chi connectivity index (χ0n) is 12.4. The molecule has 0 aliphatic rings. The molecule has 0 saturated heterocycles. The van der Waals surface area contributed by atoms with Crippen molar-refractivity contribution in [2.45, 2.75) is 32.8 Å². The lowest BCUT2D eigenvalue weighted by Crippen LogP contribution is -2.02. The summed E-state index contributed by atoms with van der Waals surface area (Å²) in [6.45, 7) is 4.31. The van der Waals surface area contributed by atoms with Gasteiger partial charge in [0.15, 0.2) is 0 Å². The molecule has 1 N–H and O–H groups in total. The molecule has 0 aromatic heterocycles. The standard InChI is InChI=1S/C18H22O2/c1-4-13-6-7-16(12-14(13)5-2)18(19)15-8-10-17(20-3)11-9-15/h6-12,18-19H,4-5H2,1-3H3. The molecule has 2 rings (SSSR count). The minimum absolute atomic E-state index is 0.586. The number of benzene rings is 2. The van der Waals surface area contributed by atoms with Gasteiger partial charge in [-0.05, 0) is 47.2 Å². The minimum Gasteiger partial charge on any atom is -0.497 e. The van der Waals surface area contributed by atoms with E-state index in [4.69, 9.17) is 4.74 Å². The average Bonchev–Trinajstić information content (AvgIpc) is 2.53. The molecule has 2 nitrogen and oxygen atoms in total. The molecule has 0 aliphatic carbocycles. The number of aliphatic hydroxyl groups is 1. The Balaban J connectivity index is 2.29. The summed E-state index contributed by atoms with van der Waals surface area (Å²) in [7, 11) is 1.64. The summed E-state index contributed by atoms with van der Waals surface area (Å²) in [6.07, 6.45) is 1.44. The summed E-state index contributed by atoms with van der Waals surface area (Å²) in [6, 6.07) is 13.8. The minimum atomic E-state index is -0.586. The van der Waals surface area contributed by atoms with E-state index in [-0.39, 0.29) is 0 Å². The molecule has 2 aromatic carbocycles. The van der Waals surface area contributed by atoms with E-state index in [1.807, 2.05) is 30.3 Å². The summed E-state index contributed by atoms with van der Waals surface area (Å²) in [4.78, 5) is 0. The molecule has 0 saturated carbocycles. The van der Waals surface area contributed by atoms with Gasteiger partial charge in [0.05, 0.1) is 7.11 Å². The van der Waals surface area contributed by atoms with Crippen LogP contribution in [0.5, 0.6) is 5.75 Å². The number of aryl methyl sites for hydroxylation is 2. The second kappa shape index (κ2) is 6.58. The summed E-state index contributed by atoms with van der Waals surface area (Å²) >= 11 is 0. The quantitative estimate of drug-likeness (QED) is 0.892. The summed E-state index contributed by atoms with van der Waals surface area (Å²) in [5.41, 5.74) is 4.51. The molecule has 0 radical (unpaired) electrons. The smallest absolute Gasteiger partial charge is 0.118 e. The van der Waals surface area contributed by atoms with E-state index in [0.29, 0.717) is 0 Å². The number of ether oxygens (including phenoxy) is 1. The molecular weight excluding hydrogens is 248 g/mol. The first-order valence-electron chi connectivity index (χ1n) is 7.13. The van der Waals surface area contributed by atoms with Gasteiger partial charge >= 0.3 is 0 Å². The van der Waals surface area contributed by atoms with Crippen molar-refractivity contribution in [3.8, 4) is 5.75 Å². The van der Waals surface area contributed by atoms with Gasteiger partial charge in [-0.25, -0.2) is 0 Å². The van der Waals surface area contributed by atoms with Crippen LogP contribution < -0.4 is 4.74 Å². The van der Waals surface area contributed by atoms with E-state index in [2.05, 4.69) is 26.0 Å². The first kappa shape index (κ1) is 14.6. The van der Waals surface area contributed by atoms with Crippen molar-refractivity contribution in [1.82, 2.24) is 0 Å². The first-order valence-corrected chi connectivity index (χ1v) is 7.13. The maximum Gasteiger partial charge on any atom is 0.118 e. The zero-order valence-corrected chi connectivity index (χ0v) is 12.4. The second-order valence-corrected chi connectivity index (χ2v) is 4.91. The Morgan fingerprint density at radius 2 is 1.50 bits per heavy atom. The summed E-state index contributed by atoms with van der Waals surface area (Å²) in [5, 5.41) is 10.5. The highest BCUT2D eigenvalue weighted by molar-refractivity contribution is 5.38. The molecule has 0 aliphatic heterocycles. The number of hydrogen-bond donors (Lipinski definition) is 1. The van der Waals surface area contributed by atoms with E-state index in [1.54, 1.807) is 7.11 Å². The average molecular weight is 270 g/mol. The number of aliphatic hydroxyl groups excluding tert-OH is 1. The van der Waals surface area contributed by atoms with Gasteiger partial charge in [0, 0.05) is 0 Å². The third-order valence-corrected chi connectivity index (χ3v) is 3.74. The van der Waals surface area contributed by atoms with Crippen molar-refractivity contribution < 1.29 is 9.84 Å². The Morgan fingerprint density at radius 1 is 0.900 bits per heavy atom. The van der Waals surface area contributed by atoms with Crippen molar-refractivity contribution in [1.29, 1.82) is 0 Å². The lowest BCUT2D eigenvalue weighted by atomic mass is 9.95. The first-order chi connectivity index (χ1) is 9.69. The van der Waals surface area contributed by atoms with Crippen LogP contribution in [0.2, 0.25) is 0 Å². The van der Waals surface area contributed by atoms with E-state index in [9.17, 15) is 5.11 Å². The highest BCUT2D eigenvalue weighted by atomic mass is 16.5. The van der Waals surface area contributed by atoms with Gasteiger partial charge in [0.1, 0.15) is 11.9 Å². The lowest BCUT2D eigenvalue weighted by molar-refractivity contribution is 0.220. The number of methoxy groups -OCH3 is 1. The number of hydrogen-bond acceptors (Lipinski definition) is 2. The predicted molar refractivity (Wildman–Crippen MR) is 82.3 cm³/mol. The maximum atomic E-state index is 10.5. The van der Waals surface area contributed by atoms with Crippen LogP contribution in [-0.2, 0) is 12.8 Å². The van der Waals surface area contributed by atoms with Gasteiger partial charge in [-0.2, -0.15) is 0 Å². The fourth-order valence-electron chi connectivity index (χ4n) is 2.47. The normalized spacial score (nSPS) is 12.2. The molecule has 1 unspecified atom stereocenters. The third-order valence-electron chi connectivity index (χ3n) is 3.74. The van der Waals surface area contributed by atoms with Gasteiger partial charge in [-0.3, -0.25) is 0 Å². The highest BCUT2D eigenvalue weighted by Gasteiger charge is 2.12. The zero-order chi connectivity index (χ0) is 14.5. The van der Waals surface area contributed by atoms with Gasteiger partial charge in [0.25, 0.3) is 0 Å². The van der Waals surface area contributed by atoms with Crippen molar-refractivity contribution in [3.63, 3.8) is 0 Å². The number of rotatable bonds is 5. The van der Waals surface area contributed by atoms with Crippen LogP contribution >= 0.6 is 0 Å². The molecule has 2 heteroatoms. The lowest BCUT2D eigenvalue weighted by Gasteiger charge is -2.15. The predicted octanol–water partition coefficient (Wildman–Crippen LogP) is 3.90. The molecule has 1 atom stereocenters. The topological polar surface area (TPSA) is 29.5 Å². The van der Waals surface area contributed by atoms with Crippen molar-refractivity contribution in [3.05, 3.63) is 64.7 Å². The Hall–Kier alpha value is -1.80. The van der Waals surface area contributed by atoms with Crippen LogP contribution in [0.3, 0.4) is 0 Å². The Labute approximate surface area is 121 Å².